The number of rotatable bonds is 6. The summed E-state index contributed by atoms with van der Waals surface area (Å²) in [6.07, 6.45) is 1.60. The lowest BCUT2D eigenvalue weighted by Crippen LogP contribution is -2.48. The summed E-state index contributed by atoms with van der Waals surface area (Å²) in [6.45, 7) is 7.07. The monoisotopic (exact) mass is 334 g/mol. The van der Waals surface area contributed by atoms with Crippen LogP contribution in [0.5, 0.6) is 0 Å². The summed E-state index contributed by atoms with van der Waals surface area (Å²) in [5.41, 5.74) is 0.817. The van der Waals surface area contributed by atoms with Crippen molar-refractivity contribution in [2.24, 2.45) is 0 Å². The summed E-state index contributed by atoms with van der Waals surface area (Å²) < 4.78 is 5.75. The van der Waals surface area contributed by atoms with E-state index in [0.717, 1.165) is 12.8 Å². The fraction of sp³-hybridized carbons (Fsp3) is 0.556. The Labute approximate surface area is 142 Å². The van der Waals surface area contributed by atoms with Crippen LogP contribution in [0.4, 0.5) is 5.69 Å². The maximum atomic E-state index is 13.0. The van der Waals surface area contributed by atoms with Crippen molar-refractivity contribution in [3.63, 3.8) is 0 Å². The zero-order valence-electron chi connectivity index (χ0n) is 14.5. The van der Waals surface area contributed by atoms with Crippen LogP contribution in [0.2, 0.25) is 0 Å². The molecule has 0 aromatic heterocycles. The van der Waals surface area contributed by atoms with Gasteiger partial charge in [0.05, 0.1) is 11.2 Å². The Balaban J connectivity index is 2.21. The molecular weight excluding hydrogens is 308 g/mol. The molecule has 0 aliphatic carbocycles. The maximum absolute atomic E-state index is 13.0. The van der Waals surface area contributed by atoms with Crippen LogP contribution in [0.1, 0.15) is 44.0 Å². The van der Waals surface area contributed by atoms with Crippen molar-refractivity contribution in [1.82, 2.24) is 4.90 Å². The van der Waals surface area contributed by atoms with Crippen molar-refractivity contribution in [2.75, 3.05) is 25.0 Å². The molecule has 1 aliphatic rings. The summed E-state index contributed by atoms with van der Waals surface area (Å²) in [4.78, 5) is 25.7. The first-order chi connectivity index (χ1) is 11.3. The number of benzene rings is 1. The molecule has 0 spiro atoms. The summed E-state index contributed by atoms with van der Waals surface area (Å²) in [5.74, 6) is -1.04. The van der Waals surface area contributed by atoms with Gasteiger partial charge < -0.3 is 20.1 Å². The molecule has 1 aromatic carbocycles. The van der Waals surface area contributed by atoms with E-state index in [2.05, 4.69) is 5.32 Å². The number of ether oxygens (including phenoxy) is 1. The highest BCUT2D eigenvalue weighted by Crippen LogP contribution is 2.29. The van der Waals surface area contributed by atoms with Crippen molar-refractivity contribution >= 4 is 17.6 Å². The smallest absolute Gasteiger partial charge is 0.322 e. The van der Waals surface area contributed by atoms with Gasteiger partial charge in [0, 0.05) is 24.9 Å². The Hall–Kier alpha value is -2.08. The van der Waals surface area contributed by atoms with Gasteiger partial charge in [-0.1, -0.05) is 12.1 Å². The molecule has 0 bridgehead atoms. The molecule has 2 N–H and O–H groups in total. The van der Waals surface area contributed by atoms with E-state index in [9.17, 15) is 9.59 Å². The van der Waals surface area contributed by atoms with Gasteiger partial charge in [0.25, 0.3) is 5.91 Å². The molecule has 1 atom stereocenters. The van der Waals surface area contributed by atoms with Crippen LogP contribution in [0.15, 0.2) is 24.3 Å². The third-order valence-electron chi connectivity index (χ3n) is 4.30. The summed E-state index contributed by atoms with van der Waals surface area (Å²) >= 11 is 0. The molecule has 6 nitrogen and oxygen atoms in total. The molecule has 0 saturated carbocycles. The average molecular weight is 334 g/mol. The van der Waals surface area contributed by atoms with Gasteiger partial charge in [-0.05, 0) is 45.7 Å². The fourth-order valence-electron chi connectivity index (χ4n) is 3.18. The lowest BCUT2D eigenvalue weighted by atomic mass is 9.92. The van der Waals surface area contributed by atoms with Gasteiger partial charge in [-0.3, -0.25) is 9.59 Å². The van der Waals surface area contributed by atoms with Gasteiger partial charge >= 0.3 is 5.97 Å². The number of carboxylic acids is 1. The van der Waals surface area contributed by atoms with E-state index in [1.807, 2.05) is 25.7 Å². The summed E-state index contributed by atoms with van der Waals surface area (Å²) in [5, 5.41) is 11.7. The predicted molar refractivity (Wildman–Crippen MR) is 92.3 cm³/mol. The molecule has 6 heteroatoms. The second-order valence-electron chi connectivity index (χ2n) is 6.64. The molecule has 1 aliphatic heterocycles. The van der Waals surface area contributed by atoms with Crippen molar-refractivity contribution < 1.29 is 19.4 Å². The Morgan fingerprint density at radius 2 is 2.08 bits per heavy atom. The first-order valence-corrected chi connectivity index (χ1v) is 8.33. The number of carbonyl (C=O) groups is 2. The zero-order valence-corrected chi connectivity index (χ0v) is 14.5. The number of nitrogens with zero attached hydrogens (tertiary/aromatic N) is 1. The van der Waals surface area contributed by atoms with E-state index in [1.165, 1.54) is 0 Å². The van der Waals surface area contributed by atoms with Gasteiger partial charge in [-0.2, -0.15) is 0 Å². The van der Waals surface area contributed by atoms with Crippen LogP contribution in [0.25, 0.3) is 0 Å². The van der Waals surface area contributed by atoms with Crippen LogP contribution in [0, 0.1) is 0 Å². The third kappa shape index (κ3) is 4.47. The molecule has 1 saturated heterocycles. The average Bonchev–Trinajstić information content (AvgIpc) is 2.53. The minimum atomic E-state index is -0.962. The second-order valence-corrected chi connectivity index (χ2v) is 6.64. The van der Waals surface area contributed by atoms with Crippen molar-refractivity contribution in [1.29, 1.82) is 0 Å². The Kier molecular flexibility index (Phi) is 5.83. The van der Waals surface area contributed by atoms with E-state index in [4.69, 9.17) is 9.84 Å². The first kappa shape index (κ1) is 18.3. The molecule has 132 valence electrons. The molecule has 24 heavy (non-hydrogen) atoms. The van der Waals surface area contributed by atoms with Gasteiger partial charge in [-0.25, -0.2) is 0 Å². The van der Waals surface area contributed by atoms with Crippen LogP contribution < -0.4 is 5.32 Å². The number of hydrogen-bond donors (Lipinski definition) is 2. The van der Waals surface area contributed by atoms with Crippen LogP contribution in [-0.4, -0.2) is 53.2 Å². The molecule has 1 fully saturated rings. The fourth-order valence-corrected chi connectivity index (χ4v) is 3.18. The molecule has 1 amide bonds. The van der Waals surface area contributed by atoms with Gasteiger partial charge in [0.15, 0.2) is 0 Å². The van der Waals surface area contributed by atoms with E-state index < -0.39 is 5.97 Å². The van der Waals surface area contributed by atoms with E-state index >= 15 is 0 Å². The van der Waals surface area contributed by atoms with E-state index in [0.29, 0.717) is 24.4 Å². The number of amides is 1. The molecule has 0 radical (unpaired) electrons. The summed E-state index contributed by atoms with van der Waals surface area (Å²) in [7, 11) is 0. The number of nitrogens with one attached hydrogen (secondary N) is 1. The minimum absolute atomic E-state index is 0.0753. The largest absolute Gasteiger partial charge is 0.480 e. The molecule has 2 rings (SSSR count). The second kappa shape index (κ2) is 7.66. The van der Waals surface area contributed by atoms with Crippen LogP contribution >= 0.6 is 0 Å². The topological polar surface area (TPSA) is 78.9 Å². The number of anilines is 1. The van der Waals surface area contributed by atoms with Gasteiger partial charge in [0.1, 0.15) is 6.54 Å². The molecule has 1 heterocycles. The van der Waals surface area contributed by atoms with Gasteiger partial charge in [0.2, 0.25) is 0 Å². The first-order valence-electron chi connectivity index (χ1n) is 8.33. The number of carbonyl (C=O) groups excluding carboxylic acids is 1. The zero-order chi connectivity index (χ0) is 17.7. The molecular formula is C18H26N2O4. The quantitative estimate of drug-likeness (QED) is 0.836. The highest BCUT2D eigenvalue weighted by molar-refractivity contribution is 6.00. The standard InChI is InChI=1S/C18H26N2O4/c1-4-20(13-9-10-24-18(2,3)11-13)17(23)14-7-5-6-8-15(14)19-12-16(21)22/h5-8,13,19H,4,9-12H2,1-3H3,(H,21,22). The van der Waals surface area contributed by atoms with E-state index in [1.54, 1.807) is 24.3 Å². The van der Waals surface area contributed by atoms with Crippen molar-refractivity contribution in [3.05, 3.63) is 29.8 Å². The molecule has 1 unspecified atom stereocenters. The maximum Gasteiger partial charge on any atom is 0.322 e. The third-order valence-corrected chi connectivity index (χ3v) is 4.30. The predicted octanol–water partition coefficient (Wildman–Crippen LogP) is 2.60. The lowest BCUT2D eigenvalue weighted by Gasteiger charge is -2.41. The normalized spacial score (nSPS) is 19.5. The van der Waals surface area contributed by atoms with Crippen molar-refractivity contribution in [2.45, 2.75) is 45.3 Å². The Morgan fingerprint density at radius 3 is 2.71 bits per heavy atom. The highest BCUT2D eigenvalue weighted by atomic mass is 16.5. The minimum Gasteiger partial charge on any atom is -0.480 e. The molecule has 1 aromatic rings. The van der Waals surface area contributed by atoms with Gasteiger partial charge in [-0.15, -0.1) is 0 Å². The van der Waals surface area contributed by atoms with E-state index in [-0.39, 0.29) is 24.1 Å². The lowest BCUT2D eigenvalue weighted by molar-refractivity contribution is -0.134. The highest BCUT2D eigenvalue weighted by Gasteiger charge is 2.34. The number of aliphatic carboxylic acids is 1. The SMILES string of the molecule is CCN(C(=O)c1ccccc1NCC(=O)O)C1CCOC(C)(C)C1. The number of carboxylic acid groups (broad SMARTS) is 1. The van der Waals surface area contributed by atoms with Crippen molar-refractivity contribution in [3.8, 4) is 0 Å². The van der Waals surface area contributed by atoms with Crippen LogP contribution in [-0.2, 0) is 9.53 Å². The summed E-state index contributed by atoms with van der Waals surface area (Å²) in [6, 6.07) is 7.17. The number of hydrogen-bond acceptors (Lipinski definition) is 4. The Bertz CT molecular complexity index is 600. The van der Waals surface area contributed by atoms with Crippen LogP contribution in [0.3, 0.4) is 0 Å². The number of para-hydroxylation sites is 1. The Morgan fingerprint density at radius 1 is 1.38 bits per heavy atom.